The number of non-ortho nitro benzene ring substituents is 1. The number of nitro groups is 1. The Morgan fingerprint density at radius 2 is 2.00 bits per heavy atom. The van der Waals surface area contributed by atoms with E-state index in [1.165, 1.54) is 4.90 Å². The topological polar surface area (TPSA) is 80.3 Å². The first-order valence-corrected chi connectivity index (χ1v) is 8.69. The van der Waals surface area contributed by atoms with Crippen LogP contribution in [0.5, 0.6) is 0 Å². The maximum absolute atomic E-state index is 10.7. The van der Waals surface area contributed by atoms with Crippen LogP contribution in [0.25, 0.3) is 0 Å². The summed E-state index contributed by atoms with van der Waals surface area (Å²) in [4.78, 5) is 13.9. The first kappa shape index (κ1) is 18.6. The van der Waals surface area contributed by atoms with Crippen molar-refractivity contribution < 1.29 is 19.7 Å². The number of nitrogens with zero attached hydrogens (tertiary/aromatic N) is 2. The Morgan fingerprint density at radius 3 is 2.58 bits per heavy atom. The van der Waals surface area contributed by atoms with Crippen molar-refractivity contribution in [3.8, 4) is 0 Å². The second-order valence-corrected chi connectivity index (χ2v) is 6.30. The number of hydrogen-bond acceptors (Lipinski definition) is 5. The molecule has 2 N–H and O–H groups in total. The van der Waals surface area contributed by atoms with Crippen molar-refractivity contribution in [3.05, 3.63) is 34.4 Å². The molecule has 24 heavy (non-hydrogen) atoms. The molecule has 1 saturated heterocycles. The third kappa shape index (κ3) is 5.74. The molecule has 134 valence electrons. The highest BCUT2D eigenvalue weighted by molar-refractivity contribution is 5.50. The van der Waals surface area contributed by atoms with Gasteiger partial charge in [-0.3, -0.25) is 10.1 Å². The highest BCUT2D eigenvalue weighted by Gasteiger charge is 2.23. The third-order valence-corrected chi connectivity index (χ3v) is 4.37. The second kappa shape index (κ2) is 9.56. The summed E-state index contributed by atoms with van der Waals surface area (Å²) in [5.74, 6) is 0. The fourth-order valence-corrected chi connectivity index (χ4v) is 2.93. The van der Waals surface area contributed by atoms with Gasteiger partial charge in [-0.2, -0.15) is 0 Å². The standard InChI is InChI=1S/C17H27N3O4/c1-2-3-12-24-14-17(21)13-18-8-10-19(11-9-18)15-4-6-16(7-5-15)20(22)23/h4-7,17,21H,2-3,8-14H2,1H3/p+1/t17-/m1/s1. The molecule has 7 heteroatoms. The number of aliphatic hydroxyl groups excluding tert-OH is 1. The van der Waals surface area contributed by atoms with Crippen molar-refractivity contribution in [1.82, 2.24) is 0 Å². The number of nitrogens with one attached hydrogen (secondary N) is 1. The van der Waals surface area contributed by atoms with Crippen LogP contribution in [0, 0.1) is 10.1 Å². The zero-order valence-electron chi connectivity index (χ0n) is 14.3. The van der Waals surface area contributed by atoms with E-state index in [-0.39, 0.29) is 10.6 Å². The number of quaternary nitrogens is 1. The molecule has 1 aromatic rings. The molecule has 1 aliphatic heterocycles. The van der Waals surface area contributed by atoms with Crippen molar-refractivity contribution >= 4 is 11.4 Å². The molecule has 0 saturated carbocycles. The van der Waals surface area contributed by atoms with Crippen LogP contribution in [0.2, 0.25) is 0 Å². The van der Waals surface area contributed by atoms with Crippen molar-refractivity contribution in [2.24, 2.45) is 0 Å². The van der Waals surface area contributed by atoms with Crippen LogP contribution in [0.15, 0.2) is 24.3 Å². The molecular formula is C17H28N3O4+. The Morgan fingerprint density at radius 1 is 1.33 bits per heavy atom. The normalized spacial score (nSPS) is 17.0. The lowest BCUT2D eigenvalue weighted by Gasteiger charge is -2.34. The third-order valence-electron chi connectivity index (χ3n) is 4.37. The van der Waals surface area contributed by atoms with Crippen LogP contribution >= 0.6 is 0 Å². The minimum atomic E-state index is -0.414. The van der Waals surface area contributed by atoms with E-state index in [9.17, 15) is 15.2 Å². The first-order valence-electron chi connectivity index (χ1n) is 8.69. The van der Waals surface area contributed by atoms with E-state index in [1.807, 2.05) is 0 Å². The predicted molar refractivity (Wildman–Crippen MR) is 92.6 cm³/mol. The molecule has 0 amide bonds. The van der Waals surface area contributed by atoms with Gasteiger partial charge < -0.3 is 19.6 Å². The summed E-state index contributed by atoms with van der Waals surface area (Å²) in [5, 5.41) is 20.7. The highest BCUT2D eigenvalue weighted by atomic mass is 16.6. The zero-order chi connectivity index (χ0) is 17.4. The number of unbranched alkanes of at least 4 members (excludes halogenated alkanes) is 1. The Balaban J connectivity index is 1.71. The summed E-state index contributed by atoms with van der Waals surface area (Å²) in [6, 6.07) is 6.71. The van der Waals surface area contributed by atoms with Crippen molar-refractivity contribution in [1.29, 1.82) is 0 Å². The van der Waals surface area contributed by atoms with Crippen molar-refractivity contribution in [2.75, 3.05) is 50.8 Å². The SMILES string of the molecule is CCCCOC[C@H](O)C[NH+]1CCN(c2ccc([N+](=O)[O-])cc2)CC1. The number of piperazine rings is 1. The van der Waals surface area contributed by atoms with Crippen molar-refractivity contribution in [2.45, 2.75) is 25.9 Å². The molecular weight excluding hydrogens is 310 g/mol. The van der Waals surface area contributed by atoms with E-state index in [1.54, 1.807) is 24.3 Å². The van der Waals surface area contributed by atoms with E-state index in [4.69, 9.17) is 4.74 Å². The van der Waals surface area contributed by atoms with E-state index in [0.29, 0.717) is 13.2 Å². The molecule has 7 nitrogen and oxygen atoms in total. The van der Waals surface area contributed by atoms with Gasteiger partial charge in [0.05, 0.1) is 37.7 Å². The van der Waals surface area contributed by atoms with Crippen LogP contribution in [0.4, 0.5) is 11.4 Å². The van der Waals surface area contributed by atoms with Gasteiger partial charge in [-0.25, -0.2) is 0 Å². The lowest BCUT2D eigenvalue weighted by Crippen LogP contribution is -3.16. The maximum Gasteiger partial charge on any atom is 0.269 e. The quantitative estimate of drug-likeness (QED) is 0.389. The summed E-state index contributed by atoms with van der Waals surface area (Å²) in [7, 11) is 0. The average Bonchev–Trinajstić information content (AvgIpc) is 2.59. The molecule has 0 aliphatic carbocycles. The van der Waals surface area contributed by atoms with Gasteiger partial charge in [-0.1, -0.05) is 13.3 Å². The Hall–Kier alpha value is -1.70. The van der Waals surface area contributed by atoms with Crippen LogP contribution in [-0.2, 0) is 4.74 Å². The molecule has 1 fully saturated rings. The maximum atomic E-state index is 10.7. The van der Waals surface area contributed by atoms with E-state index < -0.39 is 6.10 Å². The number of hydrogen-bond donors (Lipinski definition) is 2. The molecule has 2 rings (SSSR count). The molecule has 0 aromatic heterocycles. The summed E-state index contributed by atoms with van der Waals surface area (Å²) >= 11 is 0. The van der Waals surface area contributed by atoms with Gasteiger partial charge in [-0.05, 0) is 18.6 Å². The molecule has 1 aliphatic rings. The van der Waals surface area contributed by atoms with Crippen LogP contribution in [0.1, 0.15) is 19.8 Å². The number of nitro benzene ring substituents is 1. The van der Waals surface area contributed by atoms with Gasteiger partial charge in [0.1, 0.15) is 12.6 Å². The Kier molecular flexibility index (Phi) is 7.42. The fourth-order valence-electron chi connectivity index (χ4n) is 2.93. The number of rotatable bonds is 9. The predicted octanol–water partition coefficient (Wildman–Crippen LogP) is 0.477. The summed E-state index contributed by atoms with van der Waals surface area (Å²) in [6.45, 7) is 7.63. The second-order valence-electron chi connectivity index (χ2n) is 6.30. The minimum Gasteiger partial charge on any atom is -0.385 e. The van der Waals surface area contributed by atoms with Gasteiger partial charge in [0.2, 0.25) is 0 Å². The number of aliphatic hydroxyl groups is 1. The first-order chi connectivity index (χ1) is 11.6. The monoisotopic (exact) mass is 338 g/mol. The number of ether oxygens (including phenoxy) is 1. The molecule has 1 aromatic carbocycles. The van der Waals surface area contributed by atoms with E-state index in [0.717, 1.165) is 51.3 Å². The van der Waals surface area contributed by atoms with E-state index >= 15 is 0 Å². The van der Waals surface area contributed by atoms with Gasteiger partial charge in [0.15, 0.2) is 0 Å². The lowest BCUT2D eigenvalue weighted by atomic mass is 10.2. The van der Waals surface area contributed by atoms with Crippen LogP contribution in [0.3, 0.4) is 0 Å². The smallest absolute Gasteiger partial charge is 0.269 e. The molecule has 0 radical (unpaired) electrons. The summed E-state index contributed by atoms with van der Waals surface area (Å²) in [5.41, 5.74) is 1.14. The van der Waals surface area contributed by atoms with Crippen molar-refractivity contribution in [3.63, 3.8) is 0 Å². The molecule has 0 spiro atoms. The van der Waals surface area contributed by atoms with Gasteiger partial charge in [0.25, 0.3) is 5.69 Å². The Labute approximate surface area is 143 Å². The highest BCUT2D eigenvalue weighted by Crippen LogP contribution is 2.19. The average molecular weight is 338 g/mol. The molecule has 1 atom stereocenters. The van der Waals surface area contributed by atoms with E-state index in [2.05, 4.69) is 11.8 Å². The number of benzene rings is 1. The van der Waals surface area contributed by atoms with Gasteiger partial charge in [-0.15, -0.1) is 0 Å². The number of anilines is 1. The zero-order valence-corrected chi connectivity index (χ0v) is 14.3. The largest absolute Gasteiger partial charge is 0.385 e. The Bertz CT molecular complexity index is 501. The summed E-state index contributed by atoms with van der Waals surface area (Å²) in [6.07, 6.45) is 1.72. The van der Waals surface area contributed by atoms with Crippen LogP contribution < -0.4 is 9.80 Å². The molecule has 0 unspecified atom stereocenters. The van der Waals surface area contributed by atoms with Gasteiger partial charge in [0, 0.05) is 24.4 Å². The lowest BCUT2D eigenvalue weighted by molar-refractivity contribution is -0.903. The molecule has 1 heterocycles. The molecule has 0 bridgehead atoms. The summed E-state index contributed by atoms with van der Waals surface area (Å²) < 4.78 is 5.47. The minimum absolute atomic E-state index is 0.120. The van der Waals surface area contributed by atoms with Crippen LogP contribution in [-0.4, -0.2) is 62.1 Å². The fraction of sp³-hybridized carbons (Fsp3) is 0.647. The van der Waals surface area contributed by atoms with Gasteiger partial charge >= 0.3 is 0 Å².